The number of primary amides is 1. The Labute approximate surface area is 281 Å². The predicted molar refractivity (Wildman–Crippen MR) is 184 cm³/mol. The van der Waals surface area contributed by atoms with Crippen molar-refractivity contribution < 1.29 is 36.4 Å². The smallest absolute Gasteiger partial charge is 0.276 e. The largest absolute Gasteiger partial charge is 0.497 e. The van der Waals surface area contributed by atoms with Crippen molar-refractivity contribution in [1.29, 1.82) is 0 Å². The molecule has 1 heterocycles. The van der Waals surface area contributed by atoms with Gasteiger partial charge in [0.15, 0.2) is 0 Å². The summed E-state index contributed by atoms with van der Waals surface area (Å²) in [7, 11) is -5.48. The second-order valence-corrected chi connectivity index (χ2v) is 14.5. The van der Waals surface area contributed by atoms with Gasteiger partial charge in [-0.15, -0.1) is 0 Å². The Balaban J connectivity index is 0.000000212. The Morgan fingerprint density at radius 2 is 1.46 bits per heavy atom. The Kier molecular flexibility index (Phi) is 13.7. The minimum absolute atomic E-state index is 0.161. The van der Waals surface area contributed by atoms with Gasteiger partial charge in [0.1, 0.15) is 10.6 Å². The zero-order valence-electron chi connectivity index (χ0n) is 26.9. The fraction of sp³-hybridized carbons (Fsp3) is 0.235. The van der Waals surface area contributed by atoms with Crippen LogP contribution < -0.4 is 20.7 Å². The van der Waals surface area contributed by atoms with Crippen LogP contribution in [0.4, 0.5) is 5.69 Å². The van der Waals surface area contributed by atoms with Crippen molar-refractivity contribution >= 4 is 37.5 Å². The summed E-state index contributed by atoms with van der Waals surface area (Å²) >= 11 is 0. The molecule has 5 rings (SSSR count). The van der Waals surface area contributed by atoms with Crippen LogP contribution >= 0.6 is 0 Å². The Hall–Kier alpha value is -4.76. The standard InChI is InChI=1S/C14H14N2O5S.C13H19NO2S.C7H7NO/c1-21-11-8-6-10(7-9-11)16-22(19,20)13-5-3-2-4-12(13)14(17)15-18;1-11-4-3-5-13(10-11)12-6-8-14(9-7-12)17(2,15)16;8-7(9)6-4-2-1-3-5-6/h2-9,16,18H,1H3,(H,15,17);3-5,10,12H,6-9H2,1-2H3;1-5H,(H2,8,9). The fourth-order valence-corrected chi connectivity index (χ4v) is 7.00. The van der Waals surface area contributed by atoms with Crippen molar-refractivity contribution in [2.24, 2.45) is 5.73 Å². The van der Waals surface area contributed by atoms with E-state index >= 15 is 0 Å². The van der Waals surface area contributed by atoms with Crippen molar-refractivity contribution in [3.8, 4) is 5.75 Å². The lowest BCUT2D eigenvalue weighted by Crippen LogP contribution is -2.37. The van der Waals surface area contributed by atoms with Gasteiger partial charge in [0, 0.05) is 24.3 Å². The van der Waals surface area contributed by atoms with Crippen molar-refractivity contribution in [1.82, 2.24) is 9.79 Å². The normalized spacial score (nSPS) is 13.5. The molecular formula is C34H40N4O8S2. The van der Waals surface area contributed by atoms with Crippen LogP contribution in [0.2, 0.25) is 0 Å². The Bertz CT molecular complexity index is 1880. The van der Waals surface area contributed by atoms with E-state index in [1.165, 1.54) is 66.4 Å². The maximum Gasteiger partial charge on any atom is 0.276 e. The first-order chi connectivity index (χ1) is 22.7. The van der Waals surface area contributed by atoms with Crippen LogP contribution in [0.25, 0.3) is 0 Å². The SMILES string of the molecule is COc1ccc(NS(=O)(=O)c2ccccc2C(=O)NO)cc1.Cc1cccc(C2CCN(S(C)(=O)=O)CC2)c1.NC(=O)c1ccccc1. The molecule has 0 aromatic heterocycles. The number of hydroxylamine groups is 1. The summed E-state index contributed by atoms with van der Waals surface area (Å²) in [6, 6.07) is 29.1. The molecule has 4 aromatic rings. The van der Waals surface area contributed by atoms with Crippen molar-refractivity contribution in [2.75, 3.05) is 31.2 Å². The van der Waals surface area contributed by atoms with Crippen LogP contribution in [0.15, 0.2) is 108 Å². The van der Waals surface area contributed by atoms with Gasteiger partial charge in [-0.25, -0.2) is 26.6 Å². The number of amides is 2. The molecule has 0 radical (unpaired) electrons. The highest BCUT2D eigenvalue weighted by atomic mass is 32.2. The molecule has 48 heavy (non-hydrogen) atoms. The summed E-state index contributed by atoms with van der Waals surface area (Å²) in [6.07, 6.45) is 3.15. The molecule has 1 aliphatic heterocycles. The average Bonchev–Trinajstić information content (AvgIpc) is 3.09. The molecular weight excluding hydrogens is 657 g/mol. The molecule has 0 aliphatic carbocycles. The molecule has 0 bridgehead atoms. The number of ether oxygens (including phenoxy) is 1. The quantitative estimate of drug-likeness (QED) is 0.153. The number of rotatable bonds is 8. The van der Waals surface area contributed by atoms with E-state index in [-0.39, 0.29) is 16.4 Å². The number of piperidine rings is 1. The van der Waals surface area contributed by atoms with Gasteiger partial charge in [-0.05, 0) is 79.8 Å². The van der Waals surface area contributed by atoms with Gasteiger partial charge in [-0.3, -0.25) is 19.5 Å². The van der Waals surface area contributed by atoms with Crippen LogP contribution in [-0.4, -0.2) is 64.6 Å². The summed E-state index contributed by atoms with van der Waals surface area (Å²) in [5, 5.41) is 8.70. The number of sulfonamides is 2. The summed E-state index contributed by atoms with van der Waals surface area (Å²) in [6.45, 7) is 3.39. The third kappa shape index (κ3) is 11.2. The molecule has 14 heteroatoms. The molecule has 0 atom stereocenters. The third-order valence-corrected chi connectivity index (χ3v) is 10.1. The van der Waals surface area contributed by atoms with E-state index in [9.17, 15) is 26.4 Å². The first-order valence-corrected chi connectivity index (χ1v) is 18.1. The number of carbonyl (C=O) groups is 2. The topological polar surface area (TPSA) is 185 Å². The van der Waals surface area contributed by atoms with E-state index in [0.717, 1.165) is 12.8 Å². The second-order valence-electron chi connectivity index (χ2n) is 10.9. The van der Waals surface area contributed by atoms with E-state index in [4.69, 9.17) is 15.7 Å². The van der Waals surface area contributed by atoms with Crippen LogP contribution in [0.1, 0.15) is 50.6 Å². The predicted octanol–water partition coefficient (Wildman–Crippen LogP) is 4.53. The number of aryl methyl sites for hydroxylation is 1. The van der Waals surface area contributed by atoms with Crippen molar-refractivity contribution in [3.63, 3.8) is 0 Å². The zero-order chi connectivity index (χ0) is 35.3. The lowest BCUT2D eigenvalue weighted by atomic mass is 9.89. The van der Waals surface area contributed by atoms with E-state index in [1.54, 1.807) is 40.7 Å². The first-order valence-electron chi connectivity index (χ1n) is 14.8. The van der Waals surface area contributed by atoms with Gasteiger partial charge in [0.2, 0.25) is 15.9 Å². The number of nitrogens with two attached hydrogens (primary N) is 1. The van der Waals surface area contributed by atoms with E-state index < -0.39 is 26.0 Å². The number of hydrogen-bond acceptors (Lipinski definition) is 8. The summed E-state index contributed by atoms with van der Waals surface area (Å²) in [5.41, 5.74) is 9.73. The number of hydrogen-bond donors (Lipinski definition) is 4. The summed E-state index contributed by atoms with van der Waals surface area (Å²) < 4.78 is 56.5. The van der Waals surface area contributed by atoms with Gasteiger partial charge in [-0.2, -0.15) is 0 Å². The van der Waals surface area contributed by atoms with Gasteiger partial charge in [-0.1, -0.05) is 60.2 Å². The van der Waals surface area contributed by atoms with Crippen LogP contribution in [0.3, 0.4) is 0 Å². The van der Waals surface area contributed by atoms with Crippen molar-refractivity contribution in [2.45, 2.75) is 30.6 Å². The minimum atomic E-state index is -3.98. The zero-order valence-corrected chi connectivity index (χ0v) is 28.5. The summed E-state index contributed by atoms with van der Waals surface area (Å²) in [5.74, 6) is -0.192. The van der Waals surface area contributed by atoms with Gasteiger partial charge < -0.3 is 10.5 Å². The highest BCUT2D eigenvalue weighted by Gasteiger charge is 2.25. The maximum absolute atomic E-state index is 12.4. The van der Waals surface area contributed by atoms with E-state index in [2.05, 4.69) is 35.9 Å². The number of carbonyl (C=O) groups excluding carboxylic acids is 2. The molecule has 0 saturated carbocycles. The van der Waals surface area contributed by atoms with Crippen LogP contribution in [0, 0.1) is 6.92 Å². The number of nitrogens with zero attached hydrogens (tertiary/aromatic N) is 1. The lowest BCUT2D eigenvalue weighted by molar-refractivity contribution is 0.0702. The maximum atomic E-state index is 12.4. The molecule has 1 fully saturated rings. The average molecular weight is 697 g/mol. The molecule has 2 amide bonds. The number of methoxy groups -OCH3 is 1. The molecule has 0 spiro atoms. The first kappa shape index (κ1) is 37.7. The molecule has 256 valence electrons. The Morgan fingerprint density at radius 3 is 1.98 bits per heavy atom. The van der Waals surface area contributed by atoms with E-state index in [0.29, 0.717) is 36.0 Å². The third-order valence-electron chi connectivity index (χ3n) is 7.36. The summed E-state index contributed by atoms with van der Waals surface area (Å²) in [4.78, 5) is 21.7. The molecule has 1 aliphatic rings. The van der Waals surface area contributed by atoms with Crippen LogP contribution in [0.5, 0.6) is 5.75 Å². The van der Waals surface area contributed by atoms with E-state index in [1.807, 2.05) is 6.07 Å². The van der Waals surface area contributed by atoms with Crippen LogP contribution in [-0.2, 0) is 20.0 Å². The lowest BCUT2D eigenvalue weighted by Gasteiger charge is -2.30. The number of benzene rings is 4. The van der Waals surface area contributed by atoms with Gasteiger partial charge in [0.25, 0.3) is 15.9 Å². The molecule has 4 aromatic carbocycles. The highest BCUT2D eigenvalue weighted by molar-refractivity contribution is 7.92. The van der Waals surface area contributed by atoms with Gasteiger partial charge in [0.05, 0.1) is 18.9 Å². The molecule has 0 unspecified atom stereocenters. The second kappa shape index (κ2) is 17.4. The molecule has 12 nitrogen and oxygen atoms in total. The fourth-order valence-electron chi connectivity index (χ4n) is 4.87. The monoisotopic (exact) mass is 696 g/mol. The van der Waals surface area contributed by atoms with Crippen molar-refractivity contribution in [3.05, 3.63) is 125 Å². The molecule has 1 saturated heterocycles. The number of nitrogens with one attached hydrogen (secondary N) is 2. The highest BCUT2D eigenvalue weighted by Crippen LogP contribution is 2.29. The van der Waals surface area contributed by atoms with Gasteiger partial charge >= 0.3 is 0 Å². The minimum Gasteiger partial charge on any atom is -0.497 e. The number of anilines is 1. The molecule has 5 N–H and O–H groups in total. The Morgan fingerprint density at radius 1 is 0.854 bits per heavy atom.